The van der Waals surface area contributed by atoms with Crippen LogP contribution in [0.3, 0.4) is 0 Å². The Morgan fingerprint density at radius 2 is 1.89 bits per heavy atom. The molecule has 0 aliphatic carbocycles. The Hall–Kier alpha value is -3.25. The van der Waals surface area contributed by atoms with E-state index >= 15 is 0 Å². The van der Waals surface area contributed by atoms with E-state index in [9.17, 15) is 14.9 Å². The minimum Gasteiger partial charge on any atom is -0.493 e. The number of nitriles is 1. The van der Waals surface area contributed by atoms with E-state index in [0.717, 1.165) is 11.3 Å². The number of methoxy groups -OCH3 is 1. The number of esters is 2. The quantitative estimate of drug-likeness (QED) is 0.666. The second kappa shape index (κ2) is 9.62. The van der Waals surface area contributed by atoms with E-state index in [0.29, 0.717) is 18.1 Å². The lowest BCUT2D eigenvalue weighted by atomic mass is 10.1. The number of carbonyl (C=O) groups is 2. The van der Waals surface area contributed by atoms with Gasteiger partial charge in [-0.25, -0.2) is 9.59 Å². The minimum absolute atomic E-state index is 0.102. The maximum absolute atomic E-state index is 12.4. The monoisotopic (exact) mass is 404 g/mol. The Morgan fingerprint density at radius 3 is 2.50 bits per heavy atom. The highest BCUT2D eigenvalue weighted by Crippen LogP contribution is 2.32. The van der Waals surface area contributed by atoms with Crippen molar-refractivity contribution in [2.75, 3.05) is 26.1 Å². The molecule has 2 aromatic rings. The smallest absolute Gasteiger partial charge is 0.348 e. The number of nitrogens with two attached hydrogens (primary N) is 1. The molecule has 0 fully saturated rings. The molecule has 148 valence electrons. The Balaban J connectivity index is 2.24. The van der Waals surface area contributed by atoms with Crippen molar-refractivity contribution in [2.45, 2.75) is 20.5 Å². The molecule has 8 nitrogen and oxygen atoms in total. The SMILES string of the molecule is CCOC(=O)c1sc(N)c(C#N)c1COC(=O)c1ccc(OC)c(OCC)c1. The highest BCUT2D eigenvalue weighted by atomic mass is 32.1. The fraction of sp³-hybridized carbons (Fsp3) is 0.316. The first kappa shape index (κ1) is 21.1. The van der Waals surface area contributed by atoms with Gasteiger partial charge in [0.2, 0.25) is 0 Å². The van der Waals surface area contributed by atoms with E-state index < -0.39 is 11.9 Å². The average Bonchev–Trinajstić information content (AvgIpc) is 3.01. The first-order valence-corrected chi connectivity index (χ1v) is 9.24. The number of hydrogen-bond donors (Lipinski definition) is 1. The fourth-order valence-electron chi connectivity index (χ4n) is 2.40. The van der Waals surface area contributed by atoms with Crippen LogP contribution in [0.25, 0.3) is 0 Å². The normalized spacial score (nSPS) is 10.1. The third-order valence-corrected chi connectivity index (χ3v) is 4.69. The number of nitrogens with zero attached hydrogens (tertiary/aromatic N) is 1. The molecule has 0 bridgehead atoms. The standard InChI is InChI=1S/C19H20N2O6S/c1-4-25-15-8-11(6-7-14(15)24-3)18(22)27-10-13-12(9-20)17(21)28-16(13)19(23)26-5-2/h6-8H,4-5,10,21H2,1-3H3. The third-order valence-electron chi connectivity index (χ3n) is 3.65. The Morgan fingerprint density at radius 1 is 1.14 bits per heavy atom. The van der Waals surface area contributed by atoms with Crippen molar-refractivity contribution >= 4 is 28.3 Å². The van der Waals surface area contributed by atoms with Gasteiger partial charge in [-0.2, -0.15) is 5.26 Å². The molecule has 0 atom stereocenters. The summed E-state index contributed by atoms with van der Waals surface area (Å²) in [5.41, 5.74) is 6.38. The van der Waals surface area contributed by atoms with Crippen molar-refractivity contribution in [3.63, 3.8) is 0 Å². The van der Waals surface area contributed by atoms with Crippen LogP contribution in [-0.2, 0) is 16.1 Å². The predicted molar refractivity (Wildman–Crippen MR) is 103 cm³/mol. The zero-order valence-corrected chi connectivity index (χ0v) is 16.6. The van der Waals surface area contributed by atoms with E-state index in [1.165, 1.54) is 19.2 Å². The van der Waals surface area contributed by atoms with E-state index in [2.05, 4.69) is 0 Å². The summed E-state index contributed by atoms with van der Waals surface area (Å²) in [6.45, 7) is 3.76. The second-order valence-corrected chi connectivity index (χ2v) is 6.41. The molecular weight excluding hydrogens is 384 g/mol. The Kier molecular flexibility index (Phi) is 7.23. The fourth-order valence-corrected chi connectivity index (χ4v) is 3.32. The summed E-state index contributed by atoms with van der Waals surface area (Å²) in [4.78, 5) is 24.7. The topological polar surface area (TPSA) is 121 Å². The van der Waals surface area contributed by atoms with Gasteiger partial charge >= 0.3 is 11.9 Å². The van der Waals surface area contributed by atoms with Gasteiger partial charge < -0.3 is 24.7 Å². The summed E-state index contributed by atoms with van der Waals surface area (Å²) >= 11 is 0.928. The van der Waals surface area contributed by atoms with E-state index in [4.69, 9.17) is 24.7 Å². The molecule has 2 N–H and O–H groups in total. The third kappa shape index (κ3) is 4.53. The largest absolute Gasteiger partial charge is 0.493 e. The molecule has 0 aliphatic heterocycles. The summed E-state index contributed by atoms with van der Waals surface area (Å²) in [6, 6.07) is 6.56. The lowest BCUT2D eigenvalue weighted by Crippen LogP contribution is -2.10. The molecule has 0 saturated heterocycles. The van der Waals surface area contributed by atoms with Crippen LogP contribution in [0.5, 0.6) is 11.5 Å². The van der Waals surface area contributed by atoms with Crippen LogP contribution in [0.15, 0.2) is 18.2 Å². The molecule has 1 heterocycles. The zero-order valence-electron chi connectivity index (χ0n) is 15.7. The number of anilines is 1. The van der Waals surface area contributed by atoms with Gasteiger partial charge in [0.1, 0.15) is 22.6 Å². The molecule has 1 aromatic carbocycles. The summed E-state index contributed by atoms with van der Waals surface area (Å²) in [5.74, 6) is -0.369. The van der Waals surface area contributed by atoms with Crippen molar-refractivity contribution < 1.29 is 28.5 Å². The first-order valence-electron chi connectivity index (χ1n) is 8.43. The Bertz CT molecular complexity index is 916. The molecule has 9 heteroatoms. The number of benzene rings is 1. The number of carbonyl (C=O) groups excluding carboxylic acids is 2. The number of ether oxygens (including phenoxy) is 4. The summed E-state index contributed by atoms with van der Waals surface area (Å²) in [7, 11) is 1.50. The van der Waals surface area contributed by atoms with Crippen LogP contribution in [0.1, 0.15) is 45.0 Å². The maximum atomic E-state index is 12.4. The van der Waals surface area contributed by atoms with Crippen molar-refractivity contribution in [1.29, 1.82) is 5.26 Å². The summed E-state index contributed by atoms with van der Waals surface area (Å²) in [5, 5.41) is 9.48. The number of nitrogen functional groups attached to an aromatic ring is 1. The van der Waals surface area contributed by atoms with Crippen molar-refractivity contribution in [3.05, 3.63) is 39.8 Å². The average molecular weight is 404 g/mol. The van der Waals surface area contributed by atoms with Crippen molar-refractivity contribution in [1.82, 2.24) is 0 Å². The van der Waals surface area contributed by atoms with Crippen molar-refractivity contribution in [3.8, 4) is 17.6 Å². The van der Waals surface area contributed by atoms with Gasteiger partial charge in [0.25, 0.3) is 0 Å². The Labute approximate surface area is 166 Å². The van der Waals surface area contributed by atoms with Crippen LogP contribution < -0.4 is 15.2 Å². The van der Waals surface area contributed by atoms with Gasteiger partial charge in [0, 0.05) is 5.56 Å². The van der Waals surface area contributed by atoms with Crippen LogP contribution in [0, 0.1) is 11.3 Å². The number of hydrogen-bond acceptors (Lipinski definition) is 9. The maximum Gasteiger partial charge on any atom is 0.348 e. The van der Waals surface area contributed by atoms with E-state index in [1.807, 2.05) is 13.0 Å². The van der Waals surface area contributed by atoms with E-state index in [-0.39, 0.29) is 39.8 Å². The van der Waals surface area contributed by atoms with Gasteiger partial charge in [0.05, 0.1) is 31.5 Å². The molecular formula is C19H20N2O6S. The van der Waals surface area contributed by atoms with Gasteiger partial charge in [-0.05, 0) is 32.0 Å². The minimum atomic E-state index is -0.646. The van der Waals surface area contributed by atoms with Gasteiger partial charge in [-0.15, -0.1) is 11.3 Å². The molecule has 2 rings (SSSR count). The lowest BCUT2D eigenvalue weighted by molar-refractivity contribution is 0.0452. The van der Waals surface area contributed by atoms with Gasteiger partial charge in [-0.1, -0.05) is 0 Å². The molecule has 0 unspecified atom stereocenters. The molecule has 0 aliphatic rings. The lowest BCUT2D eigenvalue weighted by Gasteiger charge is -2.11. The second-order valence-electron chi connectivity index (χ2n) is 5.36. The van der Waals surface area contributed by atoms with E-state index in [1.54, 1.807) is 13.0 Å². The van der Waals surface area contributed by atoms with Crippen LogP contribution in [-0.4, -0.2) is 32.3 Å². The molecule has 0 spiro atoms. The molecule has 0 radical (unpaired) electrons. The molecule has 0 saturated carbocycles. The number of thiophene rings is 1. The first-order chi connectivity index (χ1) is 13.5. The molecule has 28 heavy (non-hydrogen) atoms. The highest BCUT2D eigenvalue weighted by molar-refractivity contribution is 7.18. The van der Waals surface area contributed by atoms with Crippen molar-refractivity contribution in [2.24, 2.45) is 0 Å². The van der Waals surface area contributed by atoms with Gasteiger partial charge in [0.15, 0.2) is 11.5 Å². The number of rotatable bonds is 8. The predicted octanol–water partition coefficient (Wildman–Crippen LogP) is 3.14. The van der Waals surface area contributed by atoms with Gasteiger partial charge in [-0.3, -0.25) is 0 Å². The van der Waals surface area contributed by atoms with Crippen LogP contribution >= 0.6 is 11.3 Å². The molecule has 1 aromatic heterocycles. The van der Waals surface area contributed by atoms with Crippen LogP contribution in [0.4, 0.5) is 5.00 Å². The highest BCUT2D eigenvalue weighted by Gasteiger charge is 2.24. The molecule has 0 amide bonds. The zero-order chi connectivity index (χ0) is 20.7. The summed E-state index contributed by atoms with van der Waals surface area (Å²) in [6.07, 6.45) is 0. The summed E-state index contributed by atoms with van der Waals surface area (Å²) < 4.78 is 20.9. The van der Waals surface area contributed by atoms with Crippen LogP contribution in [0.2, 0.25) is 0 Å².